The molecule has 134 valence electrons. The molecule has 1 N–H and O–H groups in total. The number of hydrogen-bond acceptors (Lipinski definition) is 3. The molecule has 0 saturated carbocycles. The Morgan fingerprint density at radius 2 is 1.48 bits per heavy atom. The van der Waals surface area contributed by atoms with Crippen LogP contribution in [0.2, 0.25) is 0 Å². The van der Waals surface area contributed by atoms with Crippen LogP contribution in [0.4, 0.5) is 0 Å². The van der Waals surface area contributed by atoms with Crippen LogP contribution in [-0.4, -0.2) is 27.2 Å². The predicted octanol–water partition coefficient (Wildman–Crippen LogP) is 3.52. The van der Waals surface area contributed by atoms with Gasteiger partial charge < -0.3 is 9.67 Å². The van der Waals surface area contributed by atoms with Crippen molar-refractivity contribution in [3.63, 3.8) is 0 Å². The van der Waals surface area contributed by atoms with E-state index in [1.807, 2.05) is 6.07 Å². The van der Waals surface area contributed by atoms with E-state index < -0.39 is 11.9 Å². The molecule has 0 amide bonds. The Labute approximate surface area is 155 Å². The number of aliphatic carboxylic acids is 1. The number of fused-ring (bicyclic) bond motifs is 1. The zero-order chi connectivity index (χ0) is 19.0. The van der Waals surface area contributed by atoms with Crippen LogP contribution in [0.5, 0.6) is 0 Å². The van der Waals surface area contributed by atoms with Crippen LogP contribution in [0.1, 0.15) is 50.0 Å². The minimum Gasteiger partial charge on any atom is -0.481 e. The number of benzene rings is 2. The third kappa shape index (κ3) is 2.97. The Morgan fingerprint density at radius 3 is 2.19 bits per heavy atom. The van der Waals surface area contributed by atoms with Gasteiger partial charge in [-0.2, -0.15) is 0 Å². The molecule has 0 radical (unpaired) electrons. The van der Waals surface area contributed by atoms with E-state index in [0.29, 0.717) is 41.0 Å². The number of rotatable bonds is 5. The van der Waals surface area contributed by atoms with Crippen molar-refractivity contribution >= 4 is 17.5 Å². The van der Waals surface area contributed by atoms with Crippen molar-refractivity contribution in [1.82, 2.24) is 4.57 Å². The minimum atomic E-state index is -0.874. The maximum absolute atomic E-state index is 13.0. The Balaban J connectivity index is 1.66. The lowest BCUT2D eigenvalue weighted by molar-refractivity contribution is -0.138. The summed E-state index contributed by atoms with van der Waals surface area (Å²) in [6, 6.07) is 18.9. The molecular weight excluding hydrogens is 342 g/mol. The van der Waals surface area contributed by atoms with E-state index in [1.165, 1.54) is 0 Å². The molecule has 0 saturated heterocycles. The molecule has 1 aromatic heterocycles. The predicted molar refractivity (Wildman–Crippen MR) is 99.2 cm³/mol. The first-order valence-electron chi connectivity index (χ1n) is 8.73. The minimum absolute atomic E-state index is 0.142. The van der Waals surface area contributed by atoms with Crippen LogP contribution < -0.4 is 0 Å². The van der Waals surface area contributed by atoms with Crippen molar-refractivity contribution in [1.29, 1.82) is 0 Å². The van der Waals surface area contributed by atoms with Gasteiger partial charge in [-0.25, -0.2) is 0 Å². The van der Waals surface area contributed by atoms with Gasteiger partial charge in [0, 0.05) is 28.9 Å². The quantitative estimate of drug-likeness (QED) is 0.707. The standard InChI is InChI=1S/C22H17NO4/c24-20(14-5-2-1-3-6-14)15-7-4-8-16(13-15)21(25)19-10-9-18-17(22(26)27)11-12-23(18)19/h1-10,13,17H,11-12H2,(H,26,27). The lowest BCUT2D eigenvalue weighted by Crippen LogP contribution is -2.11. The number of carbonyl (C=O) groups excluding carboxylic acids is 2. The number of aromatic nitrogens is 1. The summed E-state index contributed by atoms with van der Waals surface area (Å²) in [5.74, 6) is -1.80. The SMILES string of the molecule is O=C(c1ccccc1)c1cccc(C(=O)c2ccc3n2CCC3C(=O)O)c1. The van der Waals surface area contributed by atoms with E-state index in [2.05, 4.69) is 0 Å². The Morgan fingerprint density at radius 1 is 0.815 bits per heavy atom. The second-order valence-electron chi connectivity index (χ2n) is 6.58. The molecule has 1 aliphatic heterocycles. The van der Waals surface area contributed by atoms with E-state index >= 15 is 0 Å². The van der Waals surface area contributed by atoms with Crippen LogP contribution >= 0.6 is 0 Å². The normalized spacial score (nSPS) is 15.3. The van der Waals surface area contributed by atoms with Crippen LogP contribution in [0.25, 0.3) is 0 Å². The molecule has 2 aromatic carbocycles. The van der Waals surface area contributed by atoms with Gasteiger partial charge in [-0.3, -0.25) is 14.4 Å². The third-order valence-corrected chi connectivity index (χ3v) is 4.97. The summed E-state index contributed by atoms with van der Waals surface area (Å²) in [5.41, 5.74) is 2.54. The van der Waals surface area contributed by atoms with Crippen molar-refractivity contribution in [3.05, 3.63) is 94.8 Å². The second kappa shape index (κ2) is 6.68. The van der Waals surface area contributed by atoms with E-state index in [0.717, 1.165) is 0 Å². The number of carboxylic acids is 1. The highest BCUT2D eigenvalue weighted by atomic mass is 16.4. The summed E-state index contributed by atoms with van der Waals surface area (Å²) in [4.78, 5) is 36.9. The summed E-state index contributed by atoms with van der Waals surface area (Å²) >= 11 is 0. The smallest absolute Gasteiger partial charge is 0.312 e. The largest absolute Gasteiger partial charge is 0.481 e. The lowest BCUT2D eigenvalue weighted by Gasteiger charge is -2.07. The molecule has 5 heteroatoms. The molecular formula is C22H17NO4. The van der Waals surface area contributed by atoms with Crippen LogP contribution in [0.15, 0.2) is 66.7 Å². The summed E-state index contributed by atoms with van der Waals surface area (Å²) < 4.78 is 1.77. The van der Waals surface area contributed by atoms with Crippen molar-refractivity contribution in [2.75, 3.05) is 0 Å². The van der Waals surface area contributed by atoms with Gasteiger partial charge in [0.2, 0.25) is 5.78 Å². The number of nitrogens with zero attached hydrogens (tertiary/aromatic N) is 1. The molecule has 0 aliphatic carbocycles. The fourth-order valence-corrected chi connectivity index (χ4v) is 3.60. The molecule has 1 aliphatic rings. The van der Waals surface area contributed by atoms with Crippen molar-refractivity contribution in [2.45, 2.75) is 18.9 Å². The average Bonchev–Trinajstić information content (AvgIpc) is 3.29. The summed E-state index contributed by atoms with van der Waals surface area (Å²) in [6.07, 6.45) is 0.484. The van der Waals surface area contributed by atoms with Gasteiger partial charge in [-0.1, -0.05) is 48.5 Å². The Hall–Kier alpha value is -3.47. The van der Waals surface area contributed by atoms with Crippen LogP contribution in [0, 0.1) is 0 Å². The topological polar surface area (TPSA) is 76.4 Å². The highest BCUT2D eigenvalue weighted by Crippen LogP contribution is 2.31. The highest BCUT2D eigenvalue weighted by molar-refractivity contribution is 6.12. The van der Waals surface area contributed by atoms with Crippen LogP contribution in [-0.2, 0) is 11.3 Å². The molecule has 1 unspecified atom stereocenters. The molecule has 0 fully saturated rings. The molecule has 5 nitrogen and oxygen atoms in total. The van der Waals surface area contributed by atoms with Crippen molar-refractivity contribution in [3.8, 4) is 0 Å². The van der Waals surface area contributed by atoms with Crippen LogP contribution in [0.3, 0.4) is 0 Å². The first-order chi connectivity index (χ1) is 13.1. The maximum Gasteiger partial charge on any atom is 0.312 e. The number of ketones is 2. The second-order valence-corrected chi connectivity index (χ2v) is 6.58. The summed E-state index contributed by atoms with van der Waals surface area (Å²) in [5, 5.41) is 9.29. The van der Waals surface area contributed by atoms with E-state index in [4.69, 9.17) is 0 Å². The lowest BCUT2D eigenvalue weighted by atomic mass is 9.99. The molecule has 0 bridgehead atoms. The zero-order valence-electron chi connectivity index (χ0n) is 14.5. The monoisotopic (exact) mass is 359 g/mol. The molecule has 3 aromatic rings. The van der Waals surface area contributed by atoms with Crippen molar-refractivity contribution < 1.29 is 19.5 Å². The number of hydrogen-bond donors (Lipinski definition) is 1. The molecule has 2 heterocycles. The molecule has 27 heavy (non-hydrogen) atoms. The van der Waals surface area contributed by atoms with Gasteiger partial charge in [0.05, 0.1) is 11.6 Å². The third-order valence-electron chi connectivity index (χ3n) is 4.97. The number of carbonyl (C=O) groups is 3. The van der Waals surface area contributed by atoms with Gasteiger partial charge in [-0.05, 0) is 24.6 Å². The van der Waals surface area contributed by atoms with E-state index in [-0.39, 0.29) is 11.6 Å². The van der Waals surface area contributed by atoms with E-state index in [9.17, 15) is 19.5 Å². The van der Waals surface area contributed by atoms with Crippen molar-refractivity contribution in [2.24, 2.45) is 0 Å². The summed E-state index contributed by atoms with van der Waals surface area (Å²) in [7, 11) is 0. The molecule has 0 spiro atoms. The fraction of sp³-hybridized carbons (Fsp3) is 0.136. The number of carboxylic acid groups (broad SMARTS) is 1. The van der Waals surface area contributed by atoms with Gasteiger partial charge in [-0.15, -0.1) is 0 Å². The fourth-order valence-electron chi connectivity index (χ4n) is 3.60. The molecule has 4 rings (SSSR count). The zero-order valence-corrected chi connectivity index (χ0v) is 14.5. The average molecular weight is 359 g/mol. The van der Waals surface area contributed by atoms with Gasteiger partial charge >= 0.3 is 5.97 Å². The highest BCUT2D eigenvalue weighted by Gasteiger charge is 2.31. The van der Waals surface area contributed by atoms with Gasteiger partial charge in [0.1, 0.15) is 0 Å². The summed E-state index contributed by atoms with van der Waals surface area (Å²) in [6.45, 7) is 0.503. The van der Waals surface area contributed by atoms with E-state index in [1.54, 1.807) is 65.2 Å². The molecule has 1 atom stereocenters. The van der Waals surface area contributed by atoms with Gasteiger partial charge in [0.25, 0.3) is 0 Å². The maximum atomic E-state index is 13.0. The first-order valence-corrected chi connectivity index (χ1v) is 8.73. The first kappa shape index (κ1) is 17.0. The Kier molecular flexibility index (Phi) is 4.20. The van der Waals surface area contributed by atoms with Gasteiger partial charge in [0.15, 0.2) is 5.78 Å². The Bertz CT molecular complexity index is 1050.